The Balaban J connectivity index is 1.58. The van der Waals surface area contributed by atoms with Gasteiger partial charge < -0.3 is 29.7 Å². The highest BCUT2D eigenvalue weighted by Crippen LogP contribution is 2.36. The van der Waals surface area contributed by atoms with Crippen molar-refractivity contribution >= 4 is 24.4 Å². The van der Waals surface area contributed by atoms with Crippen LogP contribution in [0.1, 0.15) is 40.5 Å². The molecule has 0 aromatic carbocycles. The minimum atomic E-state index is -1.37. The van der Waals surface area contributed by atoms with E-state index in [4.69, 9.17) is 14.4 Å². The quantitative estimate of drug-likeness (QED) is 0.540. The number of piperidine rings is 1. The zero-order valence-electron chi connectivity index (χ0n) is 17.6. The SMILES string of the molecule is CC1(C)OB(c2cnc(N3CCC[C@H](CNC(=O)[C@@H](O)CO)C3)nc2)OC1(C)C. The Hall–Kier alpha value is -1.75. The molecule has 0 spiro atoms. The third-order valence-electron chi connectivity index (χ3n) is 6.03. The molecule has 1 amide bonds. The number of nitrogens with one attached hydrogen (secondary N) is 1. The van der Waals surface area contributed by atoms with E-state index in [1.807, 2.05) is 27.7 Å². The highest BCUT2D eigenvalue weighted by molar-refractivity contribution is 6.61. The average molecular weight is 406 g/mol. The third-order valence-corrected chi connectivity index (χ3v) is 6.03. The highest BCUT2D eigenvalue weighted by atomic mass is 16.7. The Kier molecular flexibility index (Phi) is 6.47. The second kappa shape index (κ2) is 8.55. The lowest BCUT2D eigenvalue weighted by atomic mass is 9.81. The van der Waals surface area contributed by atoms with Gasteiger partial charge in [-0.15, -0.1) is 0 Å². The first-order valence-corrected chi connectivity index (χ1v) is 10.1. The molecule has 2 aliphatic rings. The van der Waals surface area contributed by atoms with Gasteiger partial charge in [-0.3, -0.25) is 4.79 Å². The Morgan fingerprint density at radius 1 is 1.31 bits per heavy atom. The van der Waals surface area contributed by atoms with Gasteiger partial charge in [0.25, 0.3) is 5.91 Å². The maximum absolute atomic E-state index is 11.6. The number of amides is 1. The standard InChI is InChI=1S/C19H31BN4O5/c1-18(2)19(3,4)29-20(28-18)14-9-22-17(23-10-14)24-7-5-6-13(11-24)8-21-16(27)15(26)12-25/h9-10,13,15,25-26H,5-8,11-12H2,1-4H3,(H,21,27)/t13-,15+/m1/s1. The first-order valence-electron chi connectivity index (χ1n) is 10.1. The first kappa shape index (κ1) is 22.0. The molecule has 1 aromatic rings. The number of carbonyl (C=O) groups excluding carboxylic acids is 1. The lowest BCUT2D eigenvalue weighted by Gasteiger charge is -2.33. The molecule has 3 heterocycles. The van der Waals surface area contributed by atoms with E-state index in [1.54, 1.807) is 12.4 Å². The number of nitrogens with zero attached hydrogens (tertiary/aromatic N) is 3. The molecule has 0 unspecified atom stereocenters. The Morgan fingerprint density at radius 3 is 2.52 bits per heavy atom. The Labute approximate surface area is 172 Å². The number of rotatable bonds is 6. The van der Waals surface area contributed by atoms with Crippen molar-refractivity contribution in [2.75, 3.05) is 31.1 Å². The van der Waals surface area contributed by atoms with Crippen LogP contribution in [0.25, 0.3) is 0 Å². The number of aromatic nitrogens is 2. The van der Waals surface area contributed by atoms with E-state index in [0.717, 1.165) is 24.8 Å². The van der Waals surface area contributed by atoms with Crippen LogP contribution in [0.3, 0.4) is 0 Å². The van der Waals surface area contributed by atoms with Crippen molar-refractivity contribution < 1.29 is 24.3 Å². The molecular formula is C19H31BN4O5. The number of anilines is 1. The van der Waals surface area contributed by atoms with Crippen LogP contribution in [0.4, 0.5) is 5.95 Å². The van der Waals surface area contributed by atoms with E-state index in [-0.39, 0.29) is 5.92 Å². The summed E-state index contributed by atoms with van der Waals surface area (Å²) in [7, 11) is -0.490. The minimum absolute atomic E-state index is 0.227. The molecule has 2 aliphatic heterocycles. The number of aliphatic hydroxyl groups excluding tert-OH is 2. The topological polar surface area (TPSA) is 117 Å². The molecule has 0 saturated carbocycles. The van der Waals surface area contributed by atoms with Gasteiger partial charge in [-0.2, -0.15) is 0 Å². The molecule has 0 bridgehead atoms. The van der Waals surface area contributed by atoms with E-state index in [2.05, 4.69) is 20.2 Å². The zero-order chi connectivity index (χ0) is 21.2. The van der Waals surface area contributed by atoms with Crippen LogP contribution < -0.4 is 15.7 Å². The summed E-state index contributed by atoms with van der Waals surface area (Å²) in [4.78, 5) is 22.8. The first-order chi connectivity index (χ1) is 13.6. The monoisotopic (exact) mass is 406 g/mol. The van der Waals surface area contributed by atoms with Gasteiger partial charge in [-0.05, 0) is 46.5 Å². The smallest absolute Gasteiger partial charge is 0.399 e. The molecule has 3 N–H and O–H groups in total. The van der Waals surface area contributed by atoms with E-state index >= 15 is 0 Å². The predicted octanol–water partition coefficient (Wildman–Crippen LogP) is -0.538. The van der Waals surface area contributed by atoms with Gasteiger partial charge in [0.05, 0.1) is 17.8 Å². The highest BCUT2D eigenvalue weighted by Gasteiger charge is 2.52. The fraction of sp³-hybridized carbons (Fsp3) is 0.737. The van der Waals surface area contributed by atoms with Crippen molar-refractivity contribution in [2.45, 2.75) is 57.8 Å². The van der Waals surface area contributed by atoms with Gasteiger partial charge in [0.15, 0.2) is 6.10 Å². The van der Waals surface area contributed by atoms with Gasteiger partial charge in [0, 0.05) is 37.5 Å². The fourth-order valence-corrected chi connectivity index (χ4v) is 3.45. The zero-order valence-corrected chi connectivity index (χ0v) is 17.6. The van der Waals surface area contributed by atoms with Crippen molar-refractivity contribution in [1.29, 1.82) is 0 Å². The Morgan fingerprint density at radius 2 is 1.93 bits per heavy atom. The van der Waals surface area contributed by atoms with Gasteiger partial charge in [0.2, 0.25) is 5.95 Å². The lowest BCUT2D eigenvalue weighted by Crippen LogP contribution is -2.44. The number of aliphatic hydroxyl groups is 2. The molecule has 2 fully saturated rings. The Bertz CT molecular complexity index is 699. The van der Waals surface area contributed by atoms with Crippen molar-refractivity contribution in [2.24, 2.45) is 5.92 Å². The molecule has 1 aromatic heterocycles. The fourth-order valence-electron chi connectivity index (χ4n) is 3.45. The van der Waals surface area contributed by atoms with Crippen molar-refractivity contribution in [3.05, 3.63) is 12.4 Å². The van der Waals surface area contributed by atoms with Gasteiger partial charge in [-0.1, -0.05) is 0 Å². The minimum Gasteiger partial charge on any atom is -0.399 e. The van der Waals surface area contributed by atoms with Crippen LogP contribution in [0.2, 0.25) is 0 Å². The van der Waals surface area contributed by atoms with Gasteiger partial charge >= 0.3 is 7.12 Å². The van der Waals surface area contributed by atoms with Gasteiger partial charge in [0.1, 0.15) is 0 Å². The number of carbonyl (C=O) groups is 1. The summed E-state index contributed by atoms with van der Waals surface area (Å²) in [5.74, 6) is 0.314. The normalized spacial score (nSPS) is 24.4. The third kappa shape index (κ3) is 4.88. The summed E-state index contributed by atoms with van der Waals surface area (Å²) in [6, 6.07) is 0. The van der Waals surface area contributed by atoms with Crippen molar-refractivity contribution in [3.63, 3.8) is 0 Å². The van der Waals surface area contributed by atoms with Crippen LogP contribution in [0.5, 0.6) is 0 Å². The second-order valence-corrected chi connectivity index (χ2v) is 8.80. The van der Waals surface area contributed by atoms with E-state index < -0.39 is 36.9 Å². The maximum Gasteiger partial charge on any atom is 0.498 e. The van der Waals surface area contributed by atoms with E-state index in [0.29, 0.717) is 19.0 Å². The number of hydrogen-bond donors (Lipinski definition) is 3. The average Bonchev–Trinajstić information content (AvgIpc) is 2.93. The van der Waals surface area contributed by atoms with E-state index in [9.17, 15) is 9.90 Å². The van der Waals surface area contributed by atoms with Crippen LogP contribution >= 0.6 is 0 Å². The summed E-state index contributed by atoms with van der Waals surface area (Å²) in [5, 5.41) is 20.9. The molecule has 2 atom stereocenters. The van der Waals surface area contributed by atoms with Crippen LogP contribution in [-0.2, 0) is 14.1 Å². The molecule has 29 heavy (non-hydrogen) atoms. The molecule has 2 saturated heterocycles. The maximum atomic E-state index is 11.6. The molecule has 0 aliphatic carbocycles. The summed E-state index contributed by atoms with van der Waals surface area (Å²) in [5.41, 5.74) is -0.0409. The molecular weight excluding hydrogens is 375 g/mol. The summed E-state index contributed by atoms with van der Waals surface area (Å²) < 4.78 is 12.1. The van der Waals surface area contributed by atoms with Crippen molar-refractivity contribution in [1.82, 2.24) is 15.3 Å². The summed E-state index contributed by atoms with van der Waals surface area (Å²) >= 11 is 0. The second-order valence-electron chi connectivity index (χ2n) is 8.80. The van der Waals surface area contributed by atoms with Crippen LogP contribution in [0, 0.1) is 5.92 Å². The molecule has 160 valence electrons. The largest absolute Gasteiger partial charge is 0.498 e. The van der Waals surface area contributed by atoms with Gasteiger partial charge in [-0.25, -0.2) is 9.97 Å². The van der Waals surface area contributed by atoms with E-state index in [1.165, 1.54) is 0 Å². The van der Waals surface area contributed by atoms with Crippen molar-refractivity contribution in [3.8, 4) is 0 Å². The molecule has 3 rings (SSSR count). The molecule has 0 radical (unpaired) electrons. The lowest BCUT2D eigenvalue weighted by molar-refractivity contribution is -0.131. The van der Waals surface area contributed by atoms with Crippen LogP contribution in [0.15, 0.2) is 12.4 Å². The summed E-state index contributed by atoms with van der Waals surface area (Å²) in [6.07, 6.45) is 4.05. The predicted molar refractivity (Wildman–Crippen MR) is 109 cm³/mol. The summed E-state index contributed by atoms with van der Waals surface area (Å²) in [6.45, 7) is 9.46. The van der Waals surface area contributed by atoms with Crippen LogP contribution in [-0.4, -0.2) is 76.8 Å². The molecule has 10 heteroatoms. The molecule has 9 nitrogen and oxygen atoms in total. The number of hydrogen-bond acceptors (Lipinski definition) is 8.